The fourth-order valence-corrected chi connectivity index (χ4v) is 4.37. The Morgan fingerprint density at radius 1 is 1.03 bits per heavy atom. The number of hydrogen-bond acceptors (Lipinski definition) is 8. The number of amides is 1. The number of fused-ring (bicyclic) bond motifs is 2. The van der Waals surface area contributed by atoms with Crippen molar-refractivity contribution in [2.45, 2.75) is 25.9 Å². The molecule has 33 heavy (non-hydrogen) atoms. The first-order chi connectivity index (χ1) is 16.0. The van der Waals surface area contributed by atoms with Crippen molar-refractivity contribution < 1.29 is 9.53 Å². The number of methoxy groups -OCH3 is 1. The van der Waals surface area contributed by atoms with Crippen LogP contribution in [0.25, 0.3) is 21.9 Å². The van der Waals surface area contributed by atoms with Crippen LogP contribution >= 0.6 is 0 Å². The molecule has 5 rings (SSSR count). The molecular weight excluding hydrogens is 418 g/mol. The van der Waals surface area contributed by atoms with Crippen LogP contribution < -0.4 is 20.3 Å². The van der Waals surface area contributed by atoms with Crippen molar-refractivity contribution >= 4 is 39.3 Å². The van der Waals surface area contributed by atoms with Gasteiger partial charge in [-0.05, 0) is 38.1 Å². The van der Waals surface area contributed by atoms with Crippen molar-refractivity contribution in [3.8, 4) is 6.01 Å². The van der Waals surface area contributed by atoms with Crippen LogP contribution in [0.3, 0.4) is 0 Å². The lowest BCUT2D eigenvalue weighted by molar-refractivity contribution is 0.102. The largest absolute Gasteiger partial charge is 0.467 e. The van der Waals surface area contributed by atoms with Gasteiger partial charge < -0.3 is 20.3 Å². The van der Waals surface area contributed by atoms with Crippen LogP contribution in [0.15, 0.2) is 48.8 Å². The lowest BCUT2D eigenvalue weighted by atomic mass is 10.0. The number of para-hydroxylation sites is 2. The first-order valence-electron chi connectivity index (χ1n) is 10.9. The monoisotopic (exact) mass is 443 g/mol. The number of benzene rings is 2. The van der Waals surface area contributed by atoms with Gasteiger partial charge in [0.25, 0.3) is 5.91 Å². The zero-order valence-electron chi connectivity index (χ0n) is 18.7. The molecule has 0 spiro atoms. The number of rotatable bonds is 4. The number of nitrogens with zero attached hydrogens (tertiary/aromatic N) is 5. The van der Waals surface area contributed by atoms with Gasteiger partial charge in [0.15, 0.2) is 5.82 Å². The van der Waals surface area contributed by atoms with E-state index in [4.69, 9.17) is 4.74 Å². The van der Waals surface area contributed by atoms with Crippen molar-refractivity contribution in [2.75, 3.05) is 30.4 Å². The molecule has 0 unspecified atom stereocenters. The number of piperazine rings is 1. The maximum absolute atomic E-state index is 13.3. The lowest BCUT2D eigenvalue weighted by Gasteiger charge is -2.38. The Bertz CT molecular complexity index is 1330. The first kappa shape index (κ1) is 21.0. The summed E-state index contributed by atoms with van der Waals surface area (Å²) >= 11 is 0. The van der Waals surface area contributed by atoms with E-state index in [0.717, 1.165) is 29.7 Å². The molecule has 168 valence electrons. The second-order valence-electron chi connectivity index (χ2n) is 8.32. The molecular formula is C24H25N7O2. The van der Waals surface area contributed by atoms with Gasteiger partial charge >= 0.3 is 6.01 Å². The molecule has 0 saturated carbocycles. The number of nitrogens with one attached hydrogen (secondary N) is 2. The summed E-state index contributed by atoms with van der Waals surface area (Å²) in [6.45, 7) is 6.03. The summed E-state index contributed by atoms with van der Waals surface area (Å²) in [6, 6.07) is 12.2. The maximum atomic E-state index is 13.3. The average molecular weight is 444 g/mol. The van der Waals surface area contributed by atoms with Gasteiger partial charge in [-0.2, -0.15) is 4.98 Å². The minimum atomic E-state index is -0.320. The second kappa shape index (κ2) is 8.59. The summed E-state index contributed by atoms with van der Waals surface area (Å²) in [7, 11) is 1.51. The summed E-state index contributed by atoms with van der Waals surface area (Å²) in [5.74, 6) is 0.0561. The van der Waals surface area contributed by atoms with E-state index in [-0.39, 0.29) is 11.9 Å². The molecule has 2 aromatic carbocycles. The van der Waals surface area contributed by atoms with Crippen LogP contribution in [0.1, 0.15) is 24.2 Å². The Morgan fingerprint density at radius 3 is 2.55 bits per heavy atom. The summed E-state index contributed by atoms with van der Waals surface area (Å²) < 4.78 is 5.24. The standard InChI is InChI=1S/C24H25N7O2/c1-14-12-31(13-15(2)27-14)20-9-8-16(22-17(20)10-26-24(30-22)33-3)23(32)29-21-11-25-18-6-4-5-7-19(18)28-21/h4-11,14-15,27H,12-13H2,1-3H3,(H,28,29,32)/t14-,15-/m0/s1. The lowest BCUT2D eigenvalue weighted by Crippen LogP contribution is -2.54. The molecule has 0 bridgehead atoms. The van der Waals surface area contributed by atoms with E-state index in [1.54, 1.807) is 18.5 Å². The number of ether oxygens (including phenoxy) is 1. The highest BCUT2D eigenvalue weighted by atomic mass is 16.5. The summed E-state index contributed by atoms with van der Waals surface area (Å²) in [6.07, 6.45) is 3.27. The Labute approximate surface area is 191 Å². The van der Waals surface area contributed by atoms with Crippen molar-refractivity contribution in [1.82, 2.24) is 25.3 Å². The molecule has 2 N–H and O–H groups in total. The van der Waals surface area contributed by atoms with E-state index in [0.29, 0.717) is 34.5 Å². The smallest absolute Gasteiger partial charge is 0.316 e. The predicted molar refractivity (Wildman–Crippen MR) is 128 cm³/mol. The molecule has 9 nitrogen and oxygen atoms in total. The summed E-state index contributed by atoms with van der Waals surface area (Å²) in [4.78, 5) is 33.3. The van der Waals surface area contributed by atoms with Crippen molar-refractivity contribution in [1.29, 1.82) is 0 Å². The predicted octanol–water partition coefficient (Wildman–Crippen LogP) is 3.02. The van der Waals surface area contributed by atoms with E-state index in [1.165, 1.54) is 7.11 Å². The third-order valence-corrected chi connectivity index (χ3v) is 5.72. The van der Waals surface area contributed by atoms with E-state index < -0.39 is 0 Å². The van der Waals surface area contributed by atoms with E-state index in [1.807, 2.05) is 30.3 Å². The number of aromatic nitrogens is 4. The average Bonchev–Trinajstić information content (AvgIpc) is 2.82. The van der Waals surface area contributed by atoms with Gasteiger partial charge in [-0.25, -0.2) is 9.97 Å². The van der Waals surface area contributed by atoms with Gasteiger partial charge in [-0.3, -0.25) is 9.78 Å². The highest BCUT2D eigenvalue weighted by molar-refractivity contribution is 6.13. The first-order valence-corrected chi connectivity index (χ1v) is 10.9. The third-order valence-electron chi connectivity index (χ3n) is 5.72. The van der Waals surface area contributed by atoms with E-state index in [9.17, 15) is 4.79 Å². The highest BCUT2D eigenvalue weighted by Gasteiger charge is 2.24. The minimum Gasteiger partial charge on any atom is -0.467 e. The van der Waals surface area contributed by atoms with E-state index in [2.05, 4.69) is 49.3 Å². The van der Waals surface area contributed by atoms with Crippen LogP contribution in [-0.2, 0) is 0 Å². The zero-order chi connectivity index (χ0) is 22.9. The maximum Gasteiger partial charge on any atom is 0.316 e. The molecule has 1 amide bonds. The quantitative estimate of drug-likeness (QED) is 0.496. The minimum absolute atomic E-state index is 0.209. The van der Waals surface area contributed by atoms with Gasteiger partial charge in [-0.1, -0.05) is 12.1 Å². The number of anilines is 2. The van der Waals surface area contributed by atoms with Crippen molar-refractivity contribution in [2.24, 2.45) is 0 Å². The second-order valence-corrected chi connectivity index (χ2v) is 8.32. The summed E-state index contributed by atoms with van der Waals surface area (Å²) in [5, 5.41) is 7.20. The van der Waals surface area contributed by atoms with Crippen LogP contribution in [0.4, 0.5) is 11.5 Å². The van der Waals surface area contributed by atoms with Crippen LogP contribution in [0, 0.1) is 0 Å². The van der Waals surface area contributed by atoms with Crippen LogP contribution in [0.2, 0.25) is 0 Å². The van der Waals surface area contributed by atoms with Crippen LogP contribution in [0.5, 0.6) is 6.01 Å². The van der Waals surface area contributed by atoms with Crippen molar-refractivity contribution in [3.63, 3.8) is 0 Å². The number of hydrogen-bond donors (Lipinski definition) is 2. The fraction of sp³-hybridized carbons (Fsp3) is 0.292. The Balaban J connectivity index is 1.53. The Hall–Kier alpha value is -3.85. The Kier molecular flexibility index (Phi) is 5.47. The molecule has 1 saturated heterocycles. The Morgan fingerprint density at radius 2 is 1.79 bits per heavy atom. The molecule has 4 aromatic rings. The molecule has 0 radical (unpaired) electrons. The van der Waals surface area contributed by atoms with Gasteiger partial charge in [0.1, 0.15) is 0 Å². The molecule has 1 aliphatic heterocycles. The zero-order valence-corrected chi connectivity index (χ0v) is 18.7. The molecule has 2 atom stereocenters. The van der Waals surface area contributed by atoms with Gasteiger partial charge in [0, 0.05) is 42.4 Å². The third kappa shape index (κ3) is 4.14. The van der Waals surface area contributed by atoms with Crippen LogP contribution in [-0.4, -0.2) is 58.1 Å². The van der Waals surface area contributed by atoms with Gasteiger partial charge in [0.05, 0.1) is 35.4 Å². The summed E-state index contributed by atoms with van der Waals surface area (Å²) in [5.41, 5.74) is 3.42. The molecule has 9 heteroatoms. The van der Waals surface area contributed by atoms with E-state index >= 15 is 0 Å². The SMILES string of the molecule is COc1ncc2c(N3C[C@H](C)N[C@@H](C)C3)ccc(C(=O)Nc3cnc4ccccc4n3)c2n1. The number of carbonyl (C=O) groups excluding carboxylic acids is 1. The molecule has 3 heterocycles. The topological polar surface area (TPSA) is 105 Å². The molecule has 2 aromatic heterocycles. The molecule has 0 aliphatic carbocycles. The normalized spacial score (nSPS) is 18.5. The van der Waals surface area contributed by atoms with Crippen molar-refractivity contribution in [3.05, 3.63) is 54.4 Å². The number of carbonyl (C=O) groups is 1. The van der Waals surface area contributed by atoms with Gasteiger partial charge in [-0.15, -0.1) is 0 Å². The fourth-order valence-electron chi connectivity index (χ4n) is 4.37. The molecule has 1 fully saturated rings. The highest BCUT2D eigenvalue weighted by Crippen LogP contribution is 2.31. The molecule has 1 aliphatic rings. The van der Waals surface area contributed by atoms with Gasteiger partial charge in [0.2, 0.25) is 0 Å².